The Bertz CT molecular complexity index is 394. The van der Waals surface area contributed by atoms with Gasteiger partial charge in [0.2, 0.25) is 0 Å². The van der Waals surface area contributed by atoms with Crippen LogP contribution in [0.1, 0.15) is 24.2 Å². The van der Waals surface area contributed by atoms with Crippen molar-refractivity contribution in [2.24, 2.45) is 0 Å². The van der Waals surface area contributed by atoms with Gasteiger partial charge in [-0.1, -0.05) is 6.07 Å². The molecule has 0 aliphatic heterocycles. The Morgan fingerprint density at radius 3 is 2.59 bits per heavy atom. The topological polar surface area (TPSA) is 49.8 Å². The van der Waals surface area contributed by atoms with Crippen LogP contribution in [0.25, 0.3) is 0 Å². The summed E-state index contributed by atoms with van der Waals surface area (Å²) in [4.78, 5) is 13.2. The molecule has 17 heavy (non-hydrogen) atoms. The van der Waals surface area contributed by atoms with E-state index in [0.29, 0.717) is 11.3 Å². The first-order valence-corrected chi connectivity index (χ1v) is 5.46. The number of carbonyl (C=O) groups excluding carboxylic acids is 1. The van der Waals surface area contributed by atoms with Gasteiger partial charge in [0.15, 0.2) is 0 Å². The van der Waals surface area contributed by atoms with E-state index < -0.39 is 5.60 Å². The zero-order chi connectivity index (χ0) is 13.1. The number of hydrogen-bond donors (Lipinski definition) is 1. The van der Waals surface area contributed by atoms with E-state index in [-0.39, 0.29) is 12.5 Å². The molecule has 0 saturated heterocycles. The van der Waals surface area contributed by atoms with Gasteiger partial charge in [-0.05, 0) is 32.0 Å². The van der Waals surface area contributed by atoms with Crippen molar-refractivity contribution in [3.8, 4) is 5.75 Å². The van der Waals surface area contributed by atoms with E-state index in [1.54, 1.807) is 52.2 Å². The summed E-state index contributed by atoms with van der Waals surface area (Å²) in [5.74, 6) is 0.513. The average molecular weight is 237 g/mol. The molecule has 4 heteroatoms. The number of nitrogens with zero attached hydrogens (tertiary/aromatic N) is 1. The number of benzene rings is 1. The maximum Gasteiger partial charge on any atom is 0.253 e. The van der Waals surface area contributed by atoms with Crippen molar-refractivity contribution in [2.45, 2.75) is 19.4 Å². The summed E-state index contributed by atoms with van der Waals surface area (Å²) < 4.78 is 5.42. The molecule has 0 saturated carbocycles. The molecule has 1 N–H and O–H groups in total. The van der Waals surface area contributed by atoms with Crippen LogP contribution in [-0.4, -0.2) is 42.2 Å². The fourth-order valence-electron chi connectivity index (χ4n) is 1.24. The zero-order valence-electron chi connectivity index (χ0n) is 10.7. The molecule has 0 unspecified atom stereocenters. The molecule has 0 bridgehead atoms. The Labute approximate surface area is 102 Å². The lowest BCUT2D eigenvalue weighted by molar-refractivity contribution is 0.0284. The molecular weight excluding hydrogens is 218 g/mol. The van der Waals surface area contributed by atoms with Gasteiger partial charge in [-0.3, -0.25) is 4.79 Å². The van der Waals surface area contributed by atoms with E-state index in [4.69, 9.17) is 4.74 Å². The first-order chi connectivity index (χ1) is 7.79. The van der Waals surface area contributed by atoms with Gasteiger partial charge in [-0.2, -0.15) is 0 Å². The summed E-state index contributed by atoms with van der Waals surface area (Å²) in [5.41, 5.74) is -0.315. The van der Waals surface area contributed by atoms with Crippen LogP contribution < -0.4 is 4.74 Å². The third-order valence-corrected chi connectivity index (χ3v) is 2.08. The van der Waals surface area contributed by atoms with Crippen molar-refractivity contribution in [3.05, 3.63) is 29.8 Å². The van der Waals surface area contributed by atoms with Crippen LogP contribution in [0.3, 0.4) is 0 Å². The zero-order valence-corrected chi connectivity index (χ0v) is 10.7. The second-order valence-corrected chi connectivity index (χ2v) is 4.83. The minimum absolute atomic E-state index is 0.0706. The molecule has 1 aromatic carbocycles. The molecule has 1 rings (SSSR count). The first kappa shape index (κ1) is 13.5. The van der Waals surface area contributed by atoms with E-state index in [2.05, 4.69) is 0 Å². The fraction of sp³-hybridized carbons (Fsp3) is 0.462. The maximum atomic E-state index is 11.7. The van der Waals surface area contributed by atoms with E-state index in [1.165, 1.54) is 4.90 Å². The van der Waals surface area contributed by atoms with Crippen LogP contribution in [0.5, 0.6) is 5.75 Å². The number of carbonyl (C=O) groups is 1. The molecule has 0 heterocycles. The predicted octanol–water partition coefficient (Wildman–Crippen LogP) is 1.54. The van der Waals surface area contributed by atoms with Crippen LogP contribution in [-0.2, 0) is 0 Å². The van der Waals surface area contributed by atoms with Crippen molar-refractivity contribution in [1.29, 1.82) is 0 Å². The smallest absolute Gasteiger partial charge is 0.253 e. The van der Waals surface area contributed by atoms with Crippen LogP contribution in [0.4, 0.5) is 0 Å². The van der Waals surface area contributed by atoms with E-state index in [0.717, 1.165) is 0 Å². The van der Waals surface area contributed by atoms with Gasteiger partial charge >= 0.3 is 0 Å². The Morgan fingerprint density at radius 2 is 2.06 bits per heavy atom. The fourth-order valence-corrected chi connectivity index (χ4v) is 1.24. The van der Waals surface area contributed by atoms with Crippen LogP contribution >= 0.6 is 0 Å². The maximum absolute atomic E-state index is 11.7. The van der Waals surface area contributed by atoms with Crippen LogP contribution in [0.15, 0.2) is 24.3 Å². The highest BCUT2D eigenvalue weighted by molar-refractivity contribution is 5.94. The highest BCUT2D eigenvalue weighted by Gasteiger charge is 2.14. The number of aliphatic hydroxyl groups is 1. The van der Waals surface area contributed by atoms with Crippen molar-refractivity contribution in [3.63, 3.8) is 0 Å². The quantitative estimate of drug-likeness (QED) is 0.864. The minimum Gasteiger partial charge on any atom is -0.491 e. The lowest BCUT2D eigenvalue weighted by atomic mass is 10.1. The Balaban J connectivity index is 2.76. The van der Waals surface area contributed by atoms with Crippen molar-refractivity contribution in [1.82, 2.24) is 4.90 Å². The summed E-state index contributed by atoms with van der Waals surface area (Å²) in [6.07, 6.45) is 0. The molecule has 1 amide bonds. The molecule has 0 aromatic heterocycles. The van der Waals surface area contributed by atoms with Crippen molar-refractivity contribution in [2.75, 3.05) is 20.7 Å². The molecular formula is C13H19NO3. The molecule has 94 valence electrons. The van der Waals surface area contributed by atoms with E-state index in [9.17, 15) is 9.90 Å². The third-order valence-electron chi connectivity index (χ3n) is 2.08. The highest BCUT2D eigenvalue weighted by Crippen LogP contribution is 2.16. The molecule has 0 aliphatic rings. The highest BCUT2D eigenvalue weighted by atomic mass is 16.5. The van der Waals surface area contributed by atoms with E-state index >= 15 is 0 Å². The molecule has 4 nitrogen and oxygen atoms in total. The Morgan fingerprint density at radius 1 is 1.41 bits per heavy atom. The summed E-state index contributed by atoms with van der Waals surface area (Å²) in [6, 6.07) is 6.93. The van der Waals surface area contributed by atoms with Gasteiger partial charge in [0, 0.05) is 19.7 Å². The molecule has 0 fully saturated rings. The lowest BCUT2D eigenvalue weighted by Gasteiger charge is -2.18. The SMILES string of the molecule is CN(C)C(=O)c1cccc(OCC(C)(C)O)c1. The second-order valence-electron chi connectivity index (χ2n) is 4.83. The van der Waals surface area contributed by atoms with Gasteiger partial charge in [0.25, 0.3) is 5.91 Å². The molecule has 0 spiro atoms. The van der Waals surface area contributed by atoms with Gasteiger partial charge in [0.05, 0.1) is 5.60 Å². The van der Waals surface area contributed by atoms with E-state index in [1.807, 2.05) is 0 Å². The van der Waals surface area contributed by atoms with Gasteiger partial charge in [-0.25, -0.2) is 0 Å². The number of rotatable bonds is 4. The minimum atomic E-state index is -0.887. The average Bonchev–Trinajstić information content (AvgIpc) is 2.24. The number of amides is 1. The largest absolute Gasteiger partial charge is 0.491 e. The summed E-state index contributed by atoms with van der Waals surface area (Å²) in [7, 11) is 3.40. The van der Waals surface area contributed by atoms with Crippen LogP contribution in [0.2, 0.25) is 0 Å². The number of ether oxygens (including phenoxy) is 1. The molecule has 0 radical (unpaired) electrons. The van der Waals surface area contributed by atoms with Crippen molar-refractivity contribution >= 4 is 5.91 Å². The summed E-state index contributed by atoms with van der Waals surface area (Å²) >= 11 is 0. The van der Waals surface area contributed by atoms with Gasteiger partial charge < -0.3 is 14.7 Å². The molecule has 0 aliphatic carbocycles. The summed E-state index contributed by atoms with van der Waals surface area (Å²) in [6.45, 7) is 3.52. The Hall–Kier alpha value is -1.55. The monoisotopic (exact) mass is 237 g/mol. The lowest BCUT2D eigenvalue weighted by Crippen LogP contribution is -2.28. The Kier molecular flexibility index (Phi) is 4.12. The first-order valence-electron chi connectivity index (χ1n) is 5.46. The molecule has 1 aromatic rings. The predicted molar refractivity (Wildman–Crippen MR) is 66.3 cm³/mol. The third kappa shape index (κ3) is 4.44. The number of hydrogen-bond acceptors (Lipinski definition) is 3. The second kappa shape index (κ2) is 5.19. The summed E-state index contributed by atoms with van der Waals surface area (Å²) in [5, 5.41) is 9.55. The molecule has 0 atom stereocenters. The van der Waals surface area contributed by atoms with Crippen LogP contribution in [0, 0.1) is 0 Å². The normalized spacial score (nSPS) is 11.1. The van der Waals surface area contributed by atoms with Gasteiger partial charge in [0.1, 0.15) is 12.4 Å². The standard InChI is InChI=1S/C13H19NO3/c1-13(2,16)9-17-11-7-5-6-10(8-11)12(15)14(3)4/h5-8,16H,9H2,1-4H3. The van der Waals surface area contributed by atoms with Gasteiger partial charge in [-0.15, -0.1) is 0 Å². The van der Waals surface area contributed by atoms with Crippen molar-refractivity contribution < 1.29 is 14.6 Å².